The summed E-state index contributed by atoms with van der Waals surface area (Å²) in [6.07, 6.45) is 0.663. The highest BCUT2D eigenvalue weighted by atomic mass is 16.3. The lowest BCUT2D eigenvalue weighted by molar-refractivity contribution is -0.127. The number of carbonyl (C=O) groups excluding carboxylic acids is 1. The number of hydrogen-bond donors (Lipinski definition) is 1. The molecule has 0 aliphatic rings. The molecule has 0 aromatic carbocycles. The Morgan fingerprint density at radius 1 is 1.67 bits per heavy atom. The molecule has 0 aromatic rings. The van der Waals surface area contributed by atoms with E-state index in [1.807, 2.05) is 0 Å². The molecular formula is C6H13NO2. The molecule has 9 heavy (non-hydrogen) atoms. The Balaban J connectivity index is 3.27. The second-order valence-electron chi connectivity index (χ2n) is 2.02. The van der Waals surface area contributed by atoms with Crippen LogP contribution >= 0.6 is 0 Å². The highest BCUT2D eigenvalue weighted by Crippen LogP contribution is 1.85. The summed E-state index contributed by atoms with van der Waals surface area (Å²) in [6, 6.07) is 0. The van der Waals surface area contributed by atoms with Gasteiger partial charge >= 0.3 is 0 Å². The topological polar surface area (TPSA) is 40.5 Å². The lowest BCUT2D eigenvalue weighted by Crippen LogP contribution is -2.25. The van der Waals surface area contributed by atoms with Crippen LogP contribution in [0.4, 0.5) is 0 Å². The van der Waals surface area contributed by atoms with Gasteiger partial charge in [0.05, 0.1) is 0 Å². The molecule has 0 spiro atoms. The predicted octanol–water partition coefficient (Wildman–Crippen LogP) is -0.153. The molecule has 0 saturated carbocycles. The Labute approximate surface area is 55.3 Å². The summed E-state index contributed by atoms with van der Waals surface area (Å²) in [5, 5.41) is 8.36. The van der Waals surface area contributed by atoms with Crippen LogP contribution in [0.2, 0.25) is 0 Å². The number of nitrogens with zero attached hydrogens (tertiary/aromatic N) is 1. The molecule has 0 unspecified atom stereocenters. The van der Waals surface area contributed by atoms with Crippen LogP contribution in [0, 0.1) is 0 Å². The van der Waals surface area contributed by atoms with Gasteiger partial charge in [0.15, 0.2) is 0 Å². The Morgan fingerprint density at radius 3 is 2.56 bits per heavy atom. The third kappa shape index (κ3) is 3.97. The summed E-state index contributed by atoms with van der Waals surface area (Å²) in [7, 11) is 1.72. The quantitative estimate of drug-likeness (QED) is 0.578. The van der Waals surface area contributed by atoms with Crippen LogP contribution in [0.15, 0.2) is 0 Å². The van der Waals surface area contributed by atoms with E-state index in [4.69, 9.17) is 5.11 Å². The van der Waals surface area contributed by atoms with E-state index in [2.05, 4.69) is 0 Å². The summed E-state index contributed by atoms with van der Waals surface area (Å²) in [4.78, 5) is 12.1. The van der Waals surface area contributed by atoms with Crippen molar-refractivity contribution in [2.24, 2.45) is 0 Å². The van der Waals surface area contributed by atoms with Gasteiger partial charge in [-0.3, -0.25) is 4.79 Å². The first-order valence-corrected chi connectivity index (χ1v) is 3.01. The third-order valence-corrected chi connectivity index (χ3v) is 1.19. The van der Waals surface area contributed by atoms with E-state index < -0.39 is 0 Å². The van der Waals surface area contributed by atoms with E-state index >= 15 is 0 Å². The fourth-order valence-electron chi connectivity index (χ4n) is 0.465. The van der Waals surface area contributed by atoms with E-state index in [1.165, 1.54) is 6.92 Å². The van der Waals surface area contributed by atoms with Crippen LogP contribution in [0.1, 0.15) is 13.3 Å². The number of carbonyl (C=O) groups is 1. The van der Waals surface area contributed by atoms with Gasteiger partial charge in [-0.1, -0.05) is 0 Å². The SMILES string of the molecule is CC(=O)N(C)CCCO. The lowest BCUT2D eigenvalue weighted by atomic mass is 10.4. The van der Waals surface area contributed by atoms with Gasteiger partial charge in [-0.05, 0) is 6.42 Å². The molecule has 0 aromatic heterocycles. The van der Waals surface area contributed by atoms with Gasteiger partial charge in [0, 0.05) is 27.1 Å². The standard InChI is InChI=1S/C6H13NO2/c1-6(9)7(2)4-3-5-8/h8H,3-5H2,1-2H3. The van der Waals surface area contributed by atoms with Gasteiger partial charge in [-0.25, -0.2) is 0 Å². The van der Waals surface area contributed by atoms with Crippen molar-refractivity contribution in [2.75, 3.05) is 20.2 Å². The maximum Gasteiger partial charge on any atom is 0.219 e. The van der Waals surface area contributed by atoms with Gasteiger partial charge < -0.3 is 10.0 Å². The monoisotopic (exact) mass is 131 g/mol. The lowest BCUT2D eigenvalue weighted by Gasteiger charge is -2.12. The Kier molecular flexibility index (Phi) is 4.05. The summed E-state index contributed by atoms with van der Waals surface area (Å²) in [5.41, 5.74) is 0. The van der Waals surface area contributed by atoms with Gasteiger partial charge in [-0.2, -0.15) is 0 Å². The number of aliphatic hydroxyl groups is 1. The van der Waals surface area contributed by atoms with Crippen molar-refractivity contribution < 1.29 is 9.90 Å². The zero-order valence-corrected chi connectivity index (χ0v) is 5.92. The van der Waals surface area contributed by atoms with Crippen molar-refractivity contribution in [2.45, 2.75) is 13.3 Å². The first-order valence-electron chi connectivity index (χ1n) is 3.01. The first kappa shape index (κ1) is 8.43. The van der Waals surface area contributed by atoms with E-state index in [-0.39, 0.29) is 12.5 Å². The van der Waals surface area contributed by atoms with Crippen molar-refractivity contribution in [1.29, 1.82) is 0 Å². The molecule has 54 valence electrons. The second kappa shape index (κ2) is 4.32. The molecular weight excluding hydrogens is 118 g/mol. The molecule has 0 heterocycles. The number of hydrogen-bond acceptors (Lipinski definition) is 2. The molecule has 0 aliphatic heterocycles. The molecule has 0 fully saturated rings. The minimum atomic E-state index is 0.0449. The third-order valence-electron chi connectivity index (χ3n) is 1.19. The van der Waals surface area contributed by atoms with E-state index in [9.17, 15) is 4.79 Å². The summed E-state index contributed by atoms with van der Waals surface area (Å²) in [6.45, 7) is 2.31. The molecule has 0 atom stereocenters. The molecule has 0 radical (unpaired) electrons. The number of aliphatic hydroxyl groups excluding tert-OH is 1. The Morgan fingerprint density at radius 2 is 2.22 bits per heavy atom. The minimum Gasteiger partial charge on any atom is -0.396 e. The minimum absolute atomic E-state index is 0.0449. The van der Waals surface area contributed by atoms with E-state index in [0.717, 1.165) is 0 Å². The van der Waals surface area contributed by atoms with E-state index in [1.54, 1.807) is 11.9 Å². The molecule has 0 rings (SSSR count). The molecule has 0 aliphatic carbocycles. The zero-order chi connectivity index (χ0) is 7.28. The molecule has 0 saturated heterocycles. The fraction of sp³-hybridized carbons (Fsp3) is 0.833. The van der Waals surface area contributed by atoms with Crippen molar-refractivity contribution in [3.8, 4) is 0 Å². The van der Waals surface area contributed by atoms with Crippen molar-refractivity contribution in [3.63, 3.8) is 0 Å². The maximum absolute atomic E-state index is 10.5. The first-order chi connectivity index (χ1) is 4.18. The summed E-state index contributed by atoms with van der Waals surface area (Å²) < 4.78 is 0. The summed E-state index contributed by atoms with van der Waals surface area (Å²) in [5.74, 6) is 0.0449. The van der Waals surface area contributed by atoms with Crippen LogP contribution in [0.3, 0.4) is 0 Å². The highest BCUT2D eigenvalue weighted by molar-refractivity contribution is 5.72. The molecule has 3 nitrogen and oxygen atoms in total. The van der Waals surface area contributed by atoms with E-state index in [0.29, 0.717) is 13.0 Å². The van der Waals surface area contributed by atoms with Gasteiger partial charge in [0.2, 0.25) is 5.91 Å². The predicted molar refractivity (Wildman–Crippen MR) is 35.0 cm³/mol. The molecule has 1 N–H and O–H groups in total. The van der Waals surface area contributed by atoms with Crippen LogP contribution in [-0.4, -0.2) is 36.1 Å². The van der Waals surface area contributed by atoms with Gasteiger partial charge in [-0.15, -0.1) is 0 Å². The summed E-state index contributed by atoms with van der Waals surface area (Å²) >= 11 is 0. The van der Waals surface area contributed by atoms with Crippen LogP contribution < -0.4 is 0 Å². The van der Waals surface area contributed by atoms with Crippen molar-refractivity contribution in [3.05, 3.63) is 0 Å². The smallest absolute Gasteiger partial charge is 0.219 e. The largest absolute Gasteiger partial charge is 0.396 e. The van der Waals surface area contributed by atoms with Crippen molar-refractivity contribution >= 4 is 5.91 Å². The average Bonchev–Trinajstić information content (AvgIpc) is 1.82. The fourth-order valence-corrected chi connectivity index (χ4v) is 0.465. The van der Waals surface area contributed by atoms with Crippen LogP contribution in [0.25, 0.3) is 0 Å². The highest BCUT2D eigenvalue weighted by Gasteiger charge is 1.98. The van der Waals surface area contributed by atoms with Crippen LogP contribution in [0.5, 0.6) is 0 Å². The average molecular weight is 131 g/mol. The van der Waals surface area contributed by atoms with Gasteiger partial charge in [0.25, 0.3) is 0 Å². The number of amides is 1. The second-order valence-corrected chi connectivity index (χ2v) is 2.02. The molecule has 3 heteroatoms. The Hall–Kier alpha value is -0.570. The molecule has 1 amide bonds. The number of rotatable bonds is 3. The maximum atomic E-state index is 10.5. The normalized spacial score (nSPS) is 9.22. The van der Waals surface area contributed by atoms with Crippen molar-refractivity contribution in [1.82, 2.24) is 4.90 Å². The van der Waals surface area contributed by atoms with Gasteiger partial charge in [0.1, 0.15) is 0 Å². The zero-order valence-electron chi connectivity index (χ0n) is 5.92. The Bertz CT molecular complexity index is 93.1. The molecule has 0 bridgehead atoms. The van der Waals surface area contributed by atoms with Crippen LogP contribution in [-0.2, 0) is 4.79 Å².